The number of carbonyl (C=O) groups excluding carboxylic acids is 1. The first-order valence-electron chi connectivity index (χ1n) is 22.2. The summed E-state index contributed by atoms with van der Waals surface area (Å²) >= 11 is 0. The van der Waals surface area contributed by atoms with Crippen molar-refractivity contribution in [2.45, 2.75) is 212 Å². The number of hydrogen-bond acceptors (Lipinski definition) is 5. The Kier molecular flexibility index (Phi) is 23.1. The van der Waals surface area contributed by atoms with Crippen LogP contribution in [0.2, 0.25) is 0 Å². The monoisotopic (exact) mass is 741 g/mol. The molecule has 2 N–H and O–H groups in total. The molecule has 0 aromatic heterocycles. The number of esters is 1. The minimum absolute atomic E-state index is 0.170. The fraction of sp³-hybridized carbons (Fsp3) is 0.804. The van der Waals surface area contributed by atoms with Crippen LogP contribution in [0.5, 0.6) is 0 Å². The molecule has 1 atom stereocenters. The summed E-state index contributed by atoms with van der Waals surface area (Å²) in [5.41, 5.74) is 2.83. The minimum atomic E-state index is -1.01. The van der Waals surface area contributed by atoms with E-state index in [1.165, 1.54) is 179 Å². The van der Waals surface area contributed by atoms with Crippen molar-refractivity contribution in [3.05, 3.63) is 34.9 Å². The maximum atomic E-state index is 13.2. The Bertz CT molecular complexity index is 1090. The number of carboxylic acid groups (broad SMARTS) is 2. The highest BCUT2D eigenvalue weighted by Gasteiger charge is 2.32. The molecule has 1 aliphatic heterocycles. The van der Waals surface area contributed by atoms with Crippen molar-refractivity contribution in [3.63, 3.8) is 0 Å². The number of aliphatic carboxylic acids is 2. The lowest BCUT2D eigenvalue weighted by molar-refractivity contribution is -0.182. The number of ether oxygens (including phenoxy) is 2. The van der Waals surface area contributed by atoms with E-state index in [0.717, 1.165) is 31.3 Å². The van der Waals surface area contributed by atoms with Gasteiger partial charge in [0.05, 0.1) is 6.61 Å². The number of hydrogen-bond donors (Lipinski definition) is 2. The molecule has 4 fully saturated rings. The second-order valence-corrected chi connectivity index (χ2v) is 16.6. The van der Waals surface area contributed by atoms with Gasteiger partial charge < -0.3 is 19.7 Å². The number of allylic oxidation sites excluding steroid dienone is 2. The molecule has 1 saturated heterocycles. The van der Waals surface area contributed by atoms with Crippen LogP contribution in [0.25, 0.3) is 0 Å². The molecule has 4 aliphatic rings. The van der Waals surface area contributed by atoms with E-state index in [1.54, 1.807) is 0 Å². The van der Waals surface area contributed by atoms with Crippen LogP contribution in [-0.4, -0.2) is 41.0 Å². The molecule has 0 amide bonds. The topological polar surface area (TPSA) is 110 Å². The zero-order valence-corrected chi connectivity index (χ0v) is 33.7. The van der Waals surface area contributed by atoms with Crippen LogP contribution >= 0.6 is 0 Å². The lowest BCUT2D eigenvalue weighted by atomic mass is 9.71. The van der Waals surface area contributed by atoms with Crippen LogP contribution in [0.3, 0.4) is 0 Å². The highest BCUT2D eigenvalue weighted by molar-refractivity contribution is 5.89. The molecule has 0 aromatic carbocycles. The predicted molar refractivity (Wildman–Crippen MR) is 215 cm³/mol. The molecule has 0 spiro atoms. The van der Waals surface area contributed by atoms with Crippen molar-refractivity contribution in [3.8, 4) is 0 Å². The van der Waals surface area contributed by atoms with Crippen LogP contribution in [0.15, 0.2) is 34.9 Å². The summed E-state index contributed by atoms with van der Waals surface area (Å²) in [5, 5.41) is 19.5. The van der Waals surface area contributed by atoms with Crippen molar-refractivity contribution in [1.82, 2.24) is 0 Å². The average Bonchev–Trinajstić information content (AvgIpc) is 3.16. The lowest BCUT2D eigenvalue weighted by Gasteiger charge is -2.34. The quantitative estimate of drug-likeness (QED) is 0.179. The van der Waals surface area contributed by atoms with E-state index >= 15 is 0 Å². The van der Waals surface area contributed by atoms with Crippen molar-refractivity contribution < 1.29 is 34.1 Å². The standard InChI is InChI=1S/C33H58O2.C13H18O5/c34-33(35)32(30-26-20-14-8-3-9-15-21-27-30)31(28-22-16-10-4-1-5-11-17-23-28)29-24-18-12-6-2-7-13-19-25-29;1-9(12(14)15)6-7-10(2)13(16)18-11-5-3-4-8-17-11/h28-30H,1-27H2,(H,34,35);6,11H,2-5,7-8H2,1H3,(H,14,15). The molecule has 0 aromatic rings. The van der Waals surface area contributed by atoms with Gasteiger partial charge in [-0.25, -0.2) is 14.4 Å². The van der Waals surface area contributed by atoms with Gasteiger partial charge in [0.1, 0.15) is 0 Å². The predicted octanol–water partition coefficient (Wildman–Crippen LogP) is 12.8. The van der Waals surface area contributed by atoms with Gasteiger partial charge >= 0.3 is 17.9 Å². The first-order chi connectivity index (χ1) is 25.8. The smallest absolute Gasteiger partial charge is 0.336 e. The van der Waals surface area contributed by atoms with Crippen molar-refractivity contribution >= 4 is 17.9 Å². The molecule has 1 heterocycles. The van der Waals surface area contributed by atoms with Gasteiger partial charge in [-0.1, -0.05) is 153 Å². The normalized spacial score (nSPS) is 23.3. The number of carbonyl (C=O) groups is 3. The molecule has 3 aliphatic carbocycles. The Hall–Kier alpha value is -2.41. The van der Waals surface area contributed by atoms with Gasteiger partial charge in [0, 0.05) is 23.1 Å². The summed E-state index contributed by atoms with van der Waals surface area (Å²) in [7, 11) is 0. The van der Waals surface area contributed by atoms with Crippen LogP contribution in [-0.2, 0) is 23.9 Å². The van der Waals surface area contributed by atoms with Crippen molar-refractivity contribution in [2.75, 3.05) is 6.61 Å². The Labute approximate surface area is 322 Å². The number of rotatable bonds is 9. The van der Waals surface area contributed by atoms with Gasteiger partial charge in [-0.05, 0) is 82.5 Å². The van der Waals surface area contributed by atoms with Crippen LogP contribution in [0.4, 0.5) is 0 Å². The maximum absolute atomic E-state index is 13.2. The van der Waals surface area contributed by atoms with Gasteiger partial charge in [-0.2, -0.15) is 0 Å². The molecule has 4 rings (SSSR count). The molecule has 3 saturated carbocycles. The Morgan fingerprint density at radius 1 is 0.566 bits per heavy atom. The van der Waals surface area contributed by atoms with E-state index in [1.807, 2.05) is 0 Å². The summed E-state index contributed by atoms with van der Waals surface area (Å²) in [6.07, 6.45) is 39.0. The summed E-state index contributed by atoms with van der Waals surface area (Å²) in [6, 6.07) is 0. The number of carboxylic acids is 2. The first-order valence-corrected chi connectivity index (χ1v) is 22.2. The highest BCUT2D eigenvalue weighted by Crippen LogP contribution is 2.42. The van der Waals surface area contributed by atoms with Gasteiger partial charge in [0.25, 0.3) is 0 Å². The van der Waals surface area contributed by atoms with E-state index in [0.29, 0.717) is 30.8 Å². The van der Waals surface area contributed by atoms with E-state index in [9.17, 15) is 19.5 Å². The molecular formula is C46H76O7. The minimum Gasteiger partial charge on any atom is -0.478 e. The van der Waals surface area contributed by atoms with Crippen molar-refractivity contribution in [1.29, 1.82) is 0 Å². The third-order valence-electron chi connectivity index (χ3n) is 12.3. The van der Waals surface area contributed by atoms with Crippen molar-refractivity contribution in [2.24, 2.45) is 17.8 Å². The second-order valence-electron chi connectivity index (χ2n) is 16.6. The van der Waals surface area contributed by atoms with Gasteiger partial charge in [-0.15, -0.1) is 0 Å². The fourth-order valence-corrected chi connectivity index (χ4v) is 9.10. The van der Waals surface area contributed by atoms with E-state index < -0.39 is 24.2 Å². The third kappa shape index (κ3) is 18.2. The first kappa shape index (κ1) is 45.0. The fourth-order valence-electron chi connectivity index (χ4n) is 9.10. The summed E-state index contributed by atoms with van der Waals surface area (Å²) in [4.78, 5) is 35.4. The second kappa shape index (κ2) is 27.2. The van der Waals surface area contributed by atoms with Crippen LogP contribution < -0.4 is 0 Å². The zero-order valence-electron chi connectivity index (χ0n) is 33.7. The summed E-state index contributed by atoms with van der Waals surface area (Å²) in [6.45, 7) is 5.65. The molecule has 302 valence electrons. The zero-order chi connectivity index (χ0) is 38.1. The van der Waals surface area contributed by atoms with Crippen LogP contribution in [0.1, 0.15) is 206 Å². The van der Waals surface area contributed by atoms with Gasteiger partial charge in [0.15, 0.2) is 0 Å². The molecule has 0 radical (unpaired) electrons. The molecule has 0 bridgehead atoms. The SMILES string of the molecule is C=C(CC=C(C)C(=O)O)C(=O)OC1CCCCO1.O=C(O)C(=C(C1CCCCCCCCC1)C1CCCCCCCCC1)C1CCCCCCCCC1. The van der Waals surface area contributed by atoms with Gasteiger partial charge in [0.2, 0.25) is 6.29 Å². The highest BCUT2D eigenvalue weighted by atomic mass is 16.7. The molecule has 53 heavy (non-hydrogen) atoms. The largest absolute Gasteiger partial charge is 0.478 e. The molecule has 7 nitrogen and oxygen atoms in total. The Morgan fingerprint density at radius 3 is 1.30 bits per heavy atom. The lowest BCUT2D eigenvalue weighted by Crippen LogP contribution is -2.25. The van der Waals surface area contributed by atoms with Gasteiger partial charge in [-0.3, -0.25) is 0 Å². The Morgan fingerprint density at radius 2 is 0.943 bits per heavy atom. The summed E-state index contributed by atoms with van der Waals surface area (Å²) in [5.74, 6) is -0.726. The van der Waals surface area contributed by atoms with E-state index in [-0.39, 0.29) is 17.6 Å². The maximum Gasteiger partial charge on any atom is 0.336 e. The van der Waals surface area contributed by atoms with Crippen LogP contribution in [0, 0.1) is 17.8 Å². The molecule has 1 unspecified atom stereocenters. The third-order valence-corrected chi connectivity index (χ3v) is 12.3. The Balaban J connectivity index is 0.000000353. The van der Waals surface area contributed by atoms with E-state index in [2.05, 4.69) is 6.58 Å². The summed E-state index contributed by atoms with van der Waals surface area (Å²) < 4.78 is 10.4. The average molecular weight is 741 g/mol. The molecule has 7 heteroatoms. The molecular weight excluding hydrogens is 664 g/mol. The van der Waals surface area contributed by atoms with E-state index in [4.69, 9.17) is 14.6 Å².